The van der Waals surface area contributed by atoms with Gasteiger partial charge in [0, 0.05) is 24.1 Å². The lowest BCUT2D eigenvalue weighted by molar-refractivity contribution is -0.128. The van der Waals surface area contributed by atoms with Crippen molar-refractivity contribution in [3.05, 3.63) is 48.5 Å². The van der Waals surface area contributed by atoms with Crippen LogP contribution in [0, 0.1) is 5.41 Å². The maximum Gasteiger partial charge on any atom is 0.226 e. The van der Waals surface area contributed by atoms with Crippen LogP contribution in [0.1, 0.15) is 27.2 Å². The molecule has 2 N–H and O–H groups in total. The van der Waals surface area contributed by atoms with E-state index < -0.39 is 5.41 Å². The lowest BCUT2D eigenvalue weighted by Gasteiger charge is -2.17. The standard InChI is InChI=1S/C21H26N2O4/c1-21(2,3)20(25)22-14-13-19(24)23-15-9-11-16(12-10-15)27-18-8-6-5-7-17(18)26-4/h5-12H,13-14H2,1-4H3,(H,22,25)(H,23,24). The molecule has 0 saturated carbocycles. The average molecular weight is 370 g/mol. The SMILES string of the molecule is COc1ccccc1Oc1ccc(NC(=O)CCNC(=O)C(C)(C)C)cc1. The summed E-state index contributed by atoms with van der Waals surface area (Å²) in [7, 11) is 1.59. The predicted molar refractivity (Wildman–Crippen MR) is 105 cm³/mol. The molecule has 6 nitrogen and oxygen atoms in total. The van der Waals surface area contributed by atoms with E-state index in [2.05, 4.69) is 10.6 Å². The fraction of sp³-hybridized carbons (Fsp3) is 0.333. The molecule has 0 aliphatic rings. The zero-order valence-electron chi connectivity index (χ0n) is 16.2. The van der Waals surface area contributed by atoms with Crippen molar-refractivity contribution in [3.8, 4) is 17.2 Å². The van der Waals surface area contributed by atoms with Gasteiger partial charge in [0.15, 0.2) is 11.5 Å². The Morgan fingerprint density at radius 3 is 2.19 bits per heavy atom. The monoisotopic (exact) mass is 370 g/mol. The number of hydrogen-bond donors (Lipinski definition) is 2. The highest BCUT2D eigenvalue weighted by atomic mass is 16.5. The number of benzene rings is 2. The Hall–Kier alpha value is -3.02. The molecule has 0 aromatic heterocycles. The van der Waals surface area contributed by atoms with Crippen molar-refractivity contribution in [2.75, 3.05) is 19.0 Å². The average Bonchev–Trinajstić information content (AvgIpc) is 2.63. The van der Waals surface area contributed by atoms with E-state index in [1.54, 1.807) is 31.4 Å². The van der Waals surface area contributed by atoms with Crippen LogP contribution in [-0.4, -0.2) is 25.5 Å². The highest BCUT2D eigenvalue weighted by molar-refractivity contribution is 5.91. The number of para-hydroxylation sites is 2. The smallest absolute Gasteiger partial charge is 0.226 e. The van der Waals surface area contributed by atoms with Crippen LogP contribution in [0.4, 0.5) is 5.69 Å². The fourth-order valence-corrected chi connectivity index (χ4v) is 2.21. The first-order chi connectivity index (χ1) is 12.8. The number of rotatable bonds is 7. The molecular weight excluding hydrogens is 344 g/mol. The summed E-state index contributed by atoms with van der Waals surface area (Å²) in [5, 5.41) is 5.55. The quantitative estimate of drug-likeness (QED) is 0.773. The van der Waals surface area contributed by atoms with Crippen molar-refractivity contribution in [2.24, 2.45) is 5.41 Å². The second-order valence-electron chi connectivity index (χ2n) is 7.08. The van der Waals surface area contributed by atoms with E-state index in [4.69, 9.17) is 9.47 Å². The van der Waals surface area contributed by atoms with E-state index in [9.17, 15) is 9.59 Å². The topological polar surface area (TPSA) is 76.7 Å². The molecule has 0 fully saturated rings. The van der Waals surface area contributed by atoms with Gasteiger partial charge in [-0.05, 0) is 36.4 Å². The summed E-state index contributed by atoms with van der Waals surface area (Å²) in [6.45, 7) is 5.79. The molecule has 144 valence electrons. The summed E-state index contributed by atoms with van der Waals surface area (Å²) in [6.07, 6.45) is 0.210. The normalized spacial score (nSPS) is 10.8. The number of nitrogens with one attached hydrogen (secondary N) is 2. The van der Waals surface area contributed by atoms with Gasteiger partial charge >= 0.3 is 0 Å². The third kappa shape index (κ3) is 6.33. The Morgan fingerprint density at radius 1 is 0.963 bits per heavy atom. The highest BCUT2D eigenvalue weighted by Crippen LogP contribution is 2.31. The third-order valence-electron chi connectivity index (χ3n) is 3.75. The fourth-order valence-electron chi connectivity index (χ4n) is 2.21. The molecule has 6 heteroatoms. The molecule has 0 atom stereocenters. The van der Waals surface area contributed by atoms with Gasteiger partial charge in [-0.2, -0.15) is 0 Å². The van der Waals surface area contributed by atoms with E-state index in [1.165, 1.54) is 0 Å². The summed E-state index contributed by atoms with van der Waals surface area (Å²) in [5.74, 6) is 1.66. The van der Waals surface area contributed by atoms with Gasteiger partial charge in [-0.15, -0.1) is 0 Å². The summed E-state index contributed by atoms with van der Waals surface area (Å²) < 4.78 is 11.1. The minimum Gasteiger partial charge on any atom is -0.493 e. The van der Waals surface area contributed by atoms with Gasteiger partial charge in [-0.3, -0.25) is 9.59 Å². The highest BCUT2D eigenvalue weighted by Gasteiger charge is 2.20. The molecule has 0 unspecified atom stereocenters. The molecule has 2 amide bonds. The summed E-state index contributed by atoms with van der Waals surface area (Å²) in [6, 6.07) is 14.4. The van der Waals surface area contributed by atoms with Gasteiger partial charge < -0.3 is 20.1 Å². The van der Waals surface area contributed by atoms with E-state index >= 15 is 0 Å². The maximum atomic E-state index is 12.0. The minimum atomic E-state index is -0.465. The Morgan fingerprint density at radius 2 is 1.59 bits per heavy atom. The number of anilines is 1. The predicted octanol–water partition coefficient (Wildman–Crippen LogP) is 3.98. The number of carbonyl (C=O) groups is 2. The van der Waals surface area contributed by atoms with Crippen LogP contribution in [-0.2, 0) is 9.59 Å². The number of amides is 2. The first-order valence-electron chi connectivity index (χ1n) is 8.78. The number of methoxy groups -OCH3 is 1. The third-order valence-corrected chi connectivity index (χ3v) is 3.75. The van der Waals surface area contributed by atoms with Gasteiger partial charge in [0.05, 0.1) is 7.11 Å². The van der Waals surface area contributed by atoms with E-state index in [1.807, 2.05) is 45.0 Å². The first kappa shape index (κ1) is 20.3. The van der Waals surface area contributed by atoms with Crippen molar-refractivity contribution >= 4 is 17.5 Å². The lowest BCUT2D eigenvalue weighted by Crippen LogP contribution is -2.36. The van der Waals surface area contributed by atoms with Crippen LogP contribution in [0.2, 0.25) is 0 Å². The molecule has 0 aliphatic carbocycles. The number of hydrogen-bond acceptors (Lipinski definition) is 4. The molecule has 0 spiro atoms. The van der Waals surface area contributed by atoms with Crippen LogP contribution >= 0.6 is 0 Å². The molecule has 0 bridgehead atoms. The molecule has 0 heterocycles. The zero-order valence-corrected chi connectivity index (χ0v) is 16.2. The van der Waals surface area contributed by atoms with E-state index in [-0.39, 0.29) is 18.2 Å². The van der Waals surface area contributed by atoms with E-state index in [0.29, 0.717) is 29.5 Å². The summed E-state index contributed by atoms with van der Waals surface area (Å²) in [5.41, 5.74) is 0.197. The molecule has 0 radical (unpaired) electrons. The Labute approximate surface area is 159 Å². The van der Waals surface area contributed by atoms with Crippen LogP contribution in [0.15, 0.2) is 48.5 Å². The van der Waals surface area contributed by atoms with Gasteiger partial charge in [0.1, 0.15) is 5.75 Å². The molecule has 0 saturated heterocycles. The minimum absolute atomic E-state index is 0.0758. The van der Waals surface area contributed by atoms with Gasteiger partial charge in [-0.25, -0.2) is 0 Å². The number of ether oxygens (including phenoxy) is 2. The van der Waals surface area contributed by atoms with Gasteiger partial charge in [0.25, 0.3) is 0 Å². The second kappa shape index (κ2) is 9.07. The van der Waals surface area contributed by atoms with Gasteiger partial charge in [0.2, 0.25) is 11.8 Å². The molecule has 2 aromatic rings. The lowest BCUT2D eigenvalue weighted by atomic mass is 9.96. The largest absolute Gasteiger partial charge is 0.493 e. The van der Waals surface area contributed by atoms with Crippen molar-refractivity contribution < 1.29 is 19.1 Å². The number of carbonyl (C=O) groups excluding carboxylic acids is 2. The van der Waals surface area contributed by atoms with Crippen molar-refractivity contribution in [1.29, 1.82) is 0 Å². The van der Waals surface area contributed by atoms with Crippen LogP contribution in [0.25, 0.3) is 0 Å². The van der Waals surface area contributed by atoms with Crippen molar-refractivity contribution in [2.45, 2.75) is 27.2 Å². The van der Waals surface area contributed by atoms with Crippen LogP contribution < -0.4 is 20.1 Å². The van der Waals surface area contributed by atoms with Crippen molar-refractivity contribution in [1.82, 2.24) is 5.32 Å². The zero-order chi connectivity index (χ0) is 19.9. The first-order valence-corrected chi connectivity index (χ1v) is 8.78. The molecule has 0 aliphatic heterocycles. The molecule has 27 heavy (non-hydrogen) atoms. The van der Waals surface area contributed by atoms with Crippen molar-refractivity contribution in [3.63, 3.8) is 0 Å². The van der Waals surface area contributed by atoms with Crippen LogP contribution in [0.3, 0.4) is 0 Å². The summed E-state index contributed by atoms with van der Waals surface area (Å²) >= 11 is 0. The van der Waals surface area contributed by atoms with E-state index in [0.717, 1.165) is 0 Å². The molecule has 2 aromatic carbocycles. The maximum absolute atomic E-state index is 12.0. The Balaban J connectivity index is 1.84. The van der Waals surface area contributed by atoms with Gasteiger partial charge in [-0.1, -0.05) is 32.9 Å². The Kier molecular flexibility index (Phi) is 6.82. The second-order valence-corrected chi connectivity index (χ2v) is 7.08. The summed E-state index contributed by atoms with van der Waals surface area (Å²) in [4.78, 5) is 23.8. The van der Waals surface area contributed by atoms with Crippen LogP contribution in [0.5, 0.6) is 17.2 Å². The Bertz CT molecular complexity index is 780. The molecular formula is C21H26N2O4. The molecule has 2 rings (SSSR count).